The lowest BCUT2D eigenvalue weighted by Gasteiger charge is -2.38. The van der Waals surface area contributed by atoms with Gasteiger partial charge in [-0.25, -0.2) is 0 Å². The Bertz CT molecular complexity index is 1190. The SMILES string of the molecule is C[C@H](CO)N1C(=O)[C@@H]2[C@H]3C(=O)N(Cc4ccccc4)CC=C[C@H]3S[C@@]23C=CCN(CCN2CCOCC2)C(=O)C13. The van der Waals surface area contributed by atoms with Gasteiger partial charge < -0.3 is 24.5 Å². The fourth-order valence-electron chi connectivity index (χ4n) is 6.97. The largest absolute Gasteiger partial charge is 0.394 e. The van der Waals surface area contributed by atoms with Gasteiger partial charge in [0.2, 0.25) is 17.7 Å². The Morgan fingerprint density at radius 2 is 1.75 bits per heavy atom. The topological polar surface area (TPSA) is 93.6 Å². The quantitative estimate of drug-likeness (QED) is 0.492. The van der Waals surface area contributed by atoms with Crippen LogP contribution in [0.3, 0.4) is 0 Å². The van der Waals surface area contributed by atoms with Gasteiger partial charge in [0, 0.05) is 51.1 Å². The summed E-state index contributed by atoms with van der Waals surface area (Å²) in [6.07, 6.45) is 8.15. The third-order valence-electron chi connectivity index (χ3n) is 9.01. The zero-order valence-electron chi connectivity index (χ0n) is 22.9. The summed E-state index contributed by atoms with van der Waals surface area (Å²) in [5.41, 5.74) is 1.04. The maximum absolute atomic E-state index is 14.3. The van der Waals surface area contributed by atoms with Crippen molar-refractivity contribution in [3.05, 3.63) is 60.2 Å². The Hall–Kier alpha value is -2.66. The molecule has 1 unspecified atom stereocenters. The third kappa shape index (κ3) is 4.68. The highest BCUT2D eigenvalue weighted by atomic mass is 32.2. The van der Waals surface area contributed by atoms with Gasteiger partial charge in [0.25, 0.3) is 0 Å². The number of thioether (sulfide) groups is 1. The molecule has 0 radical (unpaired) electrons. The number of hydrogen-bond acceptors (Lipinski definition) is 7. The average molecular weight is 567 g/mol. The number of aliphatic hydroxyl groups is 1. The van der Waals surface area contributed by atoms with Crippen LogP contribution in [0.2, 0.25) is 0 Å². The summed E-state index contributed by atoms with van der Waals surface area (Å²) in [7, 11) is 0. The second kappa shape index (κ2) is 11.3. The number of rotatable bonds is 7. The second-order valence-corrected chi connectivity index (χ2v) is 12.9. The van der Waals surface area contributed by atoms with Crippen molar-refractivity contribution in [2.45, 2.75) is 35.5 Å². The van der Waals surface area contributed by atoms with E-state index in [2.05, 4.69) is 11.0 Å². The molecule has 5 heterocycles. The van der Waals surface area contributed by atoms with Crippen molar-refractivity contribution in [3.63, 3.8) is 0 Å². The van der Waals surface area contributed by atoms with E-state index in [1.54, 1.807) is 23.6 Å². The molecule has 0 aromatic heterocycles. The van der Waals surface area contributed by atoms with Gasteiger partial charge in [-0.05, 0) is 12.5 Å². The van der Waals surface area contributed by atoms with Crippen LogP contribution in [0.25, 0.3) is 0 Å². The number of aliphatic hydroxyl groups excluding tert-OH is 1. The number of ether oxygens (including phenoxy) is 1. The summed E-state index contributed by atoms with van der Waals surface area (Å²) in [4.78, 5) is 50.3. The number of likely N-dealkylation sites (tertiary alicyclic amines) is 1. The first-order valence-electron chi connectivity index (χ1n) is 14.3. The van der Waals surface area contributed by atoms with E-state index in [1.807, 2.05) is 58.4 Å². The molecule has 1 spiro atoms. The lowest BCUT2D eigenvalue weighted by atomic mass is 9.78. The molecule has 6 atom stereocenters. The first-order chi connectivity index (χ1) is 19.4. The van der Waals surface area contributed by atoms with Crippen molar-refractivity contribution in [3.8, 4) is 0 Å². The highest BCUT2D eigenvalue weighted by Gasteiger charge is 2.71. The maximum atomic E-state index is 14.3. The number of carbonyl (C=O) groups is 3. The van der Waals surface area contributed by atoms with E-state index in [0.29, 0.717) is 39.4 Å². The predicted octanol–water partition coefficient (Wildman–Crippen LogP) is 0.994. The molecule has 10 heteroatoms. The van der Waals surface area contributed by atoms with Crippen LogP contribution in [0.1, 0.15) is 12.5 Å². The van der Waals surface area contributed by atoms with Crippen molar-refractivity contribution in [2.75, 3.05) is 59.1 Å². The number of carbonyl (C=O) groups excluding carboxylic acids is 3. The van der Waals surface area contributed by atoms with Crippen molar-refractivity contribution in [1.29, 1.82) is 0 Å². The maximum Gasteiger partial charge on any atom is 0.247 e. The summed E-state index contributed by atoms with van der Waals surface area (Å²) < 4.78 is 4.60. The van der Waals surface area contributed by atoms with E-state index < -0.39 is 28.7 Å². The van der Waals surface area contributed by atoms with Crippen LogP contribution in [0.5, 0.6) is 0 Å². The first-order valence-corrected chi connectivity index (χ1v) is 15.2. The Morgan fingerprint density at radius 1 is 1.00 bits per heavy atom. The van der Waals surface area contributed by atoms with E-state index in [-0.39, 0.29) is 29.6 Å². The fraction of sp³-hybridized carbons (Fsp3) is 0.567. The molecule has 5 aliphatic rings. The van der Waals surface area contributed by atoms with Gasteiger partial charge in [-0.15, -0.1) is 11.8 Å². The molecule has 3 saturated heterocycles. The molecular weight excluding hydrogens is 528 g/mol. The molecule has 1 aromatic rings. The monoisotopic (exact) mass is 566 g/mol. The molecule has 214 valence electrons. The van der Waals surface area contributed by atoms with Crippen LogP contribution in [0.15, 0.2) is 54.6 Å². The van der Waals surface area contributed by atoms with Crippen molar-refractivity contribution in [1.82, 2.24) is 19.6 Å². The van der Waals surface area contributed by atoms with Crippen LogP contribution >= 0.6 is 11.8 Å². The Morgan fingerprint density at radius 3 is 2.50 bits per heavy atom. The molecule has 1 aromatic carbocycles. The molecule has 0 bridgehead atoms. The molecule has 0 aliphatic carbocycles. The number of benzene rings is 1. The van der Waals surface area contributed by atoms with E-state index in [9.17, 15) is 19.5 Å². The first kappa shape index (κ1) is 27.5. The molecule has 5 aliphatic heterocycles. The van der Waals surface area contributed by atoms with Crippen molar-refractivity contribution >= 4 is 29.5 Å². The van der Waals surface area contributed by atoms with Gasteiger partial charge >= 0.3 is 0 Å². The zero-order chi connectivity index (χ0) is 27.9. The molecule has 9 nitrogen and oxygen atoms in total. The van der Waals surface area contributed by atoms with Gasteiger partial charge in [-0.1, -0.05) is 54.6 Å². The summed E-state index contributed by atoms with van der Waals surface area (Å²) in [6, 6.07) is 8.58. The van der Waals surface area contributed by atoms with Crippen molar-refractivity contribution in [2.24, 2.45) is 11.8 Å². The van der Waals surface area contributed by atoms with Gasteiger partial charge in [0.15, 0.2) is 0 Å². The second-order valence-electron chi connectivity index (χ2n) is 11.4. The Balaban J connectivity index is 1.32. The molecule has 3 amide bonds. The molecule has 3 fully saturated rings. The number of morpholine rings is 1. The summed E-state index contributed by atoms with van der Waals surface area (Å²) in [5, 5.41) is 9.95. The van der Waals surface area contributed by atoms with Gasteiger partial charge in [-0.3, -0.25) is 19.3 Å². The number of fused-ring (bicyclic) bond motifs is 2. The average Bonchev–Trinajstić information content (AvgIpc) is 3.31. The predicted molar refractivity (Wildman–Crippen MR) is 152 cm³/mol. The summed E-state index contributed by atoms with van der Waals surface area (Å²) in [6.45, 7) is 7.31. The lowest BCUT2D eigenvalue weighted by molar-refractivity contribution is -0.146. The molecule has 6 rings (SSSR count). The third-order valence-corrected chi connectivity index (χ3v) is 10.8. The van der Waals surface area contributed by atoms with Crippen LogP contribution < -0.4 is 0 Å². The minimum Gasteiger partial charge on any atom is -0.394 e. The number of nitrogens with zero attached hydrogens (tertiary/aromatic N) is 4. The zero-order valence-corrected chi connectivity index (χ0v) is 23.7. The highest BCUT2D eigenvalue weighted by Crippen LogP contribution is 2.61. The standard InChI is InChI=1S/C30H38N4O5S/c1-21(20-35)34-26-29(38)32(14-13-31-15-17-39-18-16-31)12-6-10-30(26)25(28(34)37)24-23(40-30)9-5-11-33(27(24)36)19-22-7-3-2-4-8-22/h2-10,21,23-26,35H,11-20H2,1H3/t21-,23-,24+,25+,26?,30+/m1/s1. The van der Waals surface area contributed by atoms with Crippen LogP contribution in [0.4, 0.5) is 0 Å². The summed E-state index contributed by atoms with van der Waals surface area (Å²) in [5.74, 6) is -1.60. The van der Waals surface area contributed by atoms with Crippen molar-refractivity contribution < 1.29 is 24.2 Å². The normalized spacial score (nSPS) is 33.0. The minimum atomic E-state index is -0.865. The fourth-order valence-corrected chi connectivity index (χ4v) is 8.96. The Kier molecular flexibility index (Phi) is 7.78. The van der Waals surface area contributed by atoms with Gasteiger partial charge in [0.05, 0.1) is 42.4 Å². The van der Waals surface area contributed by atoms with E-state index in [4.69, 9.17) is 4.74 Å². The smallest absolute Gasteiger partial charge is 0.247 e. The van der Waals surface area contributed by atoms with E-state index >= 15 is 0 Å². The number of hydrogen-bond donors (Lipinski definition) is 1. The lowest BCUT2D eigenvalue weighted by Crippen LogP contribution is -2.56. The molecule has 1 N–H and O–H groups in total. The number of amides is 3. The molecule has 40 heavy (non-hydrogen) atoms. The molecule has 0 saturated carbocycles. The Labute approximate surface area is 239 Å². The highest BCUT2D eigenvalue weighted by molar-refractivity contribution is 8.02. The summed E-state index contributed by atoms with van der Waals surface area (Å²) >= 11 is 1.58. The van der Waals surface area contributed by atoms with E-state index in [1.165, 1.54) is 0 Å². The minimum absolute atomic E-state index is 0.0481. The van der Waals surface area contributed by atoms with Gasteiger partial charge in [-0.2, -0.15) is 0 Å². The van der Waals surface area contributed by atoms with Crippen LogP contribution in [-0.4, -0.2) is 124 Å². The van der Waals surface area contributed by atoms with E-state index in [0.717, 1.165) is 25.2 Å². The van der Waals surface area contributed by atoms with Gasteiger partial charge in [0.1, 0.15) is 6.04 Å². The molecular formula is C30H38N4O5S. The van der Waals surface area contributed by atoms with Crippen LogP contribution in [0, 0.1) is 11.8 Å². The van der Waals surface area contributed by atoms with Crippen LogP contribution in [-0.2, 0) is 25.7 Å².